The summed E-state index contributed by atoms with van der Waals surface area (Å²) in [6.45, 7) is 5.51. The quantitative estimate of drug-likeness (QED) is 0.736. The van der Waals surface area contributed by atoms with E-state index in [1.165, 1.54) is 22.6 Å². The van der Waals surface area contributed by atoms with E-state index in [0.29, 0.717) is 12.6 Å². The van der Waals surface area contributed by atoms with E-state index < -0.39 is 0 Å². The molecule has 2 N–H and O–H groups in total. The summed E-state index contributed by atoms with van der Waals surface area (Å²) in [4.78, 5) is 5.01. The monoisotopic (exact) mass is 268 g/mol. The molecule has 1 fully saturated rings. The number of ether oxygens (including phenoxy) is 1. The smallest absolute Gasteiger partial charge is 0.0593 e. The number of hydrogen-bond acceptors (Lipinski definition) is 4. The summed E-state index contributed by atoms with van der Waals surface area (Å²) in [6, 6.07) is 4.69. The van der Waals surface area contributed by atoms with Gasteiger partial charge in [0, 0.05) is 29.5 Å². The molecular weight excluding hydrogens is 244 g/mol. The summed E-state index contributed by atoms with van der Waals surface area (Å²) in [5, 5.41) is 0. The van der Waals surface area contributed by atoms with Gasteiger partial charge in [0.05, 0.1) is 12.6 Å². The van der Waals surface area contributed by atoms with Crippen LogP contribution in [0.5, 0.6) is 0 Å². The third kappa shape index (κ3) is 4.05. The zero-order chi connectivity index (χ0) is 13.0. The van der Waals surface area contributed by atoms with E-state index in [1.54, 1.807) is 0 Å². The van der Waals surface area contributed by atoms with Crippen molar-refractivity contribution in [3.63, 3.8) is 0 Å². The Hall–Kier alpha value is -0.420. The highest BCUT2D eigenvalue weighted by Gasteiger charge is 2.21. The van der Waals surface area contributed by atoms with Crippen molar-refractivity contribution in [2.24, 2.45) is 11.7 Å². The van der Waals surface area contributed by atoms with Gasteiger partial charge in [-0.1, -0.05) is 0 Å². The van der Waals surface area contributed by atoms with Gasteiger partial charge in [0.25, 0.3) is 0 Å². The normalized spacial score (nSPS) is 17.3. The fraction of sp³-hybridized carbons (Fsp3) is 0.714. The Morgan fingerprint density at radius 1 is 1.50 bits per heavy atom. The van der Waals surface area contributed by atoms with Crippen LogP contribution in [0.4, 0.5) is 0 Å². The molecule has 1 atom stereocenters. The number of rotatable bonds is 8. The van der Waals surface area contributed by atoms with Gasteiger partial charge in [-0.3, -0.25) is 4.90 Å². The predicted molar refractivity (Wildman–Crippen MR) is 77.0 cm³/mol. The Labute approximate surface area is 114 Å². The minimum atomic E-state index is 0.327. The second kappa shape index (κ2) is 6.66. The van der Waals surface area contributed by atoms with Crippen LogP contribution in [-0.4, -0.2) is 38.3 Å². The number of aryl methyl sites for hydroxylation is 1. The lowest BCUT2D eigenvalue weighted by Gasteiger charge is -2.26. The van der Waals surface area contributed by atoms with E-state index in [9.17, 15) is 0 Å². The first-order chi connectivity index (χ1) is 8.70. The molecular formula is C14H24N2OS. The molecule has 1 aliphatic carbocycles. The lowest BCUT2D eigenvalue weighted by Crippen LogP contribution is -2.32. The average molecular weight is 268 g/mol. The van der Waals surface area contributed by atoms with Crippen LogP contribution >= 0.6 is 11.3 Å². The van der Waals surface area contributed by atoms with Crippen LogP contribution < -0.4 is 5.73 Å². The van der Waals surface area contributed by atoms with Crippen molar-refractivity contribution < 1.29 is 4.74 Å². The molecule has 1 heterocycles. The summed E-state index contributed by atoms with van der Waals surface area (Å²) in [6.07, 6.45) is 2.71. The topological polar surface area (TPSA) is 38.5 Å². The van der Waals surface area contributed by atoms with Gasteiger partial charge in [-0.05, 0) is 44.9 Å². The Bertz CT molecular complexity index is 362. The summed E-state index contributed by atoms with van der Waals surface area (Å²) in [7, 11) is 2.13. The Kier molecular flexibility index (Phi) is 5.18. The van der Waals surface area contributed by atoms with Crippen LogP contribution in [0.1, 0.15) is 28.6 Å². The summed E-state index contributed by atoms with van der Waals surface area (Å²) in [5.41, 5.74) is 5.90. The second-order valence-electron chi connectivity index (χ2n) is 5.20. The Morgan fingerprint density at radius 3 is 2.83 bits per heavy atom. The Morgan fingerprint density at radius 2 is 2.28 bits per heavy atom. The molecule has 1 aromatic heterocycles. The molecule has 102 valence electrons. The largest absolute Gasteiger partial charge is 0.380 e. The molecule has 1 aliphatic rings. The number of likely N-dealkylation sites (N-methyl/N-ethyl adjacent to an activating group) is 1. The second-order valence-corrected chi connectivity index (χ2v) is 6.52. The van der Waals surface area contributed by atoms with Crippen molar-refractivity contribution in [1.29, 1.82) is 0 Å². The molecule has 0 saturated heterocycles. The van der Waals surface area contributed by atoms with E-state index in [0.717, 1.165) is 25.7 Å². The minimum Gasteiger partial charge on any atom is -0.380 e. The summed E-state index contributed by atoms with van der Waals surface area (Å²) < 4.78 is 5.68. The molecule has 0 aromatic carbocycles. The maximum absolute atomic E-state index is 5.90. The first-order valence-corrected chi connectivity index (χ1v) is 7.56. The van der Waals surface area contributed by atoms with Crippen LogP contribution in [0.15, 0.2) is 12.1 Å². The maximum atomic E-state index is 5.90. The highest BCUT2D eigenvalue weighted by atomic mass is 32.1. The molecule has 0 spiro atoms. The van der Waals surface area contributed by atoms with Gasteiger partial charge in [0.1, 0.15) is 0 Å². The van der Waals surface area contributed by atoms with Crippen LogP contribution in [0.2, 0.25) is 0 Å². The average Bonchev–Trinajstić information content (AvgIpc) is 3.08. The fourth-order valence-corrected chi connectivity index (χ4v) is 3.10. The van der Waals surface area contributed by atoms with Crippen LogP contribution in [-0.2, 0) is 4.74 Å². The standard InChI is InChI=1S/C14H24N2OS/c1-11-3-6-14(18-11)13(9-15)16(2)7-8-17-10-12-4-5-12/h3,6,12-13H,4-5,7-10,15H2,1-2H3. The van der Waals surface area contributed by atoms with Gasteiger partial charge in [-0.15, -0.1) is 11.3 Å². The SMILES string of the molecule is Cc1ccc(C(CN)N(C)CCOCC2CC2)s1. The zero-order valence-corrected chi connectivity index (χ0v) is 12.2. The number of nitrogens with zero attached hydrogens (tertiary/aromatic N) is 1. The van der Waals surface area contributed by atoms with E-state index in [2.05, 4.69) is 31.0 Å². The molecule has 2 rings (SSSR count). The fourth-order valence-electron chi connectivity index (χ4n) is 2.04. The molecule has 18 heavy (non-hydrogen) atoms. The third-order valence-electron chi connectivity index (χ3n) is 3.48. The first kappa shape index (κ1) is 14.0. The van der Waals surface area contributed by atoms with Gasteiger partial charge in [0.15, 0.2) is 0 Å². The van der Waals surface area contributed by atoms with Crippen molar-refractivity contribution in [2.75, 3.05) is 33.4 Å². The molecule has 0 radical (unpaired) electrons. The Balaban J connectivity index is 1.75. The number of hydrogen-bond donors (Lipinski definition) is 1. The van der Waals surface area contributed by atoms with Crippen LogP contribution in [0.25, 0.3) is 0 Å². The van der Waals surface area contributed by atoms with Crippen LogP contribution in [0, 0.1) is 12.8 Å². The molecule has 1 aromatic rings. The van der Waals surface area contributed by atoms with Gasteiger partial charge >= 0.3 is 0 Å². The zero-order valence-electron chi connectivity index (χ0n) is 11.4. The molecule has 4 heteroatoms. The van der Waals surface area contributed by atoms with Crippen molar-refractivity contribution in [1.82, 2.24) is 4.90 Å². The number of thiophene rings is 1. The highest BCUT2D eigenvalue weighted by molar-refractivity contribution is 7.12. The third-order valence-corrected chi connectivity index (χ3v) is 4.59. The van der Waals surface area contributed by atoms with Gasteiger partial charge in [-0.2, -0.15) is 0 Å². The number of nitrogens with two attached hydrogens (primary N) is 1. The van der Waals surface area contributed by atoms with Crippen molar-refractivity contribution in [3.8, 4) is 0 Å². The molecule has 1 saturated carbocycles. The van der Waals surface area contributed by atoms with E-state index in [-0.39, 0.29) is 0 Å². The first-order valence-electron chi connectivity index (χ1n) is 6.75. The molecule has 1 unspecified atom stereocenters. The van der Waals surface area contributed by atoms with Crippen molar-refractivity contribution in [3.05, 3.63) is 21.9 Å². The predicted octanol–water partition coefficient (Wildman–Crippen LogP) is 2.41. The highest BCUT2D eigenvalue weighted by Crippen LogP contribution is 2.29. The molecule has 0 bridgehead atoms. The summed E-state index contributed by atoms with van der Waals surface area (Å²) in [5.74, 6) is 0.848. The minimum absolute atomic E-state index is 0.327. The van der Waals surface area contributed by atoms with Crippen molar-refractivity contribution in [2.45, 2.75) is 25.8 Å². The molecule has 3 nitrogen and oxygen atoms in total. The lowest BCUT2D eigenvalue weighted by molar-refractivity contribution is 0.0927. The maximum Gasteiger partial charge on any atom is 0.0593 e. The van der Waals surface area contributed by atoms with Gasteiger partial charge < -0.3 is 10.5 Å². The summed E-state index contributed by atoms with van der Waals surface area (Å²) >= 11 is 1.84. The van der Waals surface area contributed by atoms with E-state index in [4.69, 9.17) is 10.5 Å². The molecule has 0 aliphatic heterocycles. The van der Waals surface area contributed by atoms with Crippen LogP contribution in [0.3, 0.4) is 0 Å². The van der Waals surface area contributed by atoms with Gasteiger partial charge in [-0.25, -0.2) is 0 Å². The lowest BCUT2D eigenvalue weighted by atomic mass is 10.2. The van der Waals surface area contributed by atoms with E-state index in [1.807, 2.05) is 11.3 Å². The van der Waals surface area contributed by atoms with E-state index >= 15 is 0 Å². The van der Waals surface area contributed by atoms with Crippen molar-refractivity contribution >= 4 is 11.3 Å². The van der Waals surface area contributed by atoms with Gasteiger partial charge in [0.2, 0.25) is 0 Å². The molecule has 0 amide bonds.